The maximum atomic E-state index is 12.7. The number of nitrogens with zero attached hydrogens (tertiary/aromatic N) is 3. The molecule has 0 radical (unpaired) electrons. The molecule has 2 unspecified atom stereocenters. The van der Waals surface area contributed by atoms with Gasteiger partial charge in [-0.1, -0.05) is 30.3 Å². The van der Waals surface area contributed by atoms with E-state index in [1.165, 1.54) is 9.78 Å². The van der Waals surface area contributed by atoms with Gasteiger partial charge in [0.1, 0.15) is 0 Å². The Bertz CT molecular complexity index is 793. The zero-order valence-electron chi connectivity index (χ0n) is 14.4. The number of thiazole rings is 1. The van der Waals surface area contributed by atoms with Crippen LogP contribution in [0.25, 0.3) is 0 Å². The first kappa shape index (κ1) is 16.4. The topological polar surface area (TPSA) is 53.5 Å². The lowest BCUT2D eigenvalue weighted by molar-refractivity contribution is -0.141. The second-order valence-electron chi connectivity index (χ2n) is 6.90. The minimum atomic E-state index is -0.189. The smallest absolute Gasteiger partial charge is 0.234 e. The van der Waals surface area contributed by atoms with Crippen LogP contribution in [-0.2, 0) is 22.7 Å². The maximum absolute atomic E-state index is 12.7. The summed E-state index contributed by atoms with van der Waals surface area (Å²) in [6.45, 7) is 6.53. The van der Waals surface area contributed by atoms with Crippen LogP contribution < -0.4 is 0 Å². The van der Waals surface area contributed by atoms with Crippen molar-refractivity contribution in [3.63, 3.8) is 0 Å². The summed E-state index contributed by atoms with van der Waals surface area (Å²) in [5.74, 6) is -0.409. The number of likely N-dealkylation sites (tertiary alicyclic amines) is 2. The molecule has 2 fully saturated rings. The van der Waals surface area contributed by atoms with Crippen molar-refractivity contribution < 1.29 is 9.59 Å². The first-order chi connectivity index (χ1) is 12.0. The Morgan fingerprint density at radius 1 is 1.04 bits per heavy atom. The molecule has 0 saturated carbocycles. The molecule has 2 aliphatic rings. The van der Waals surface area contributed by atoms with E-state index >= 15 is 0 Å². The van der Waals surface area contributed by atoms with Crippen LogP contribution in [0.15, 0.2) is 30.3 Å². The molecule has 25 heavy (non-hydrogen) atoms. The number of carbonyl (C=O) groups is 2. The van der Waals surface area contributed by atoms with Gasteiger partial charge in [0.25, 0.3) is 0 Å². The minimum Gasteiger partial charge on any atom is -0.297 e. The van der Waals surface area contributed by atoms with Crippen LogP contribution in [0, 0.1) is 25.7 Å². The highest BCUT2D eigenvalue weighted by Crippen LogP contribution is 2.35. The van der Waals surface area contributed by atoms with Gasteiger partial charge in [-0.2, -0.15) is 0 Å². The van der Waals surface area contributed by atoms with Gasteiger partial charge >= 0.3 is 0 Å². The molecule has 1 aromatic heterocycles. The molecule has 2 aliphatic heterocycles. The fraction of sp³-hybridized carbons (Fsp3) is 0.421. The van der Waals surface area contributed by atoms with Gasteiger partial charge in [-0.05, 0) is 19.4 Å². The summed E-state index contributed by atoms with van der Waals surface area (Å²) in [4.78, 5) is 34.9. The molecule has 0 N–H and O–H groups in total. The highest BCUT2D eigenvalue weighted by Gasteiger charge is 2.52. The van der Waals surface area contributed by atoms with Crippen LogP contribution in [0.3, 0.4) is 0 Å². The summed E-state index contributed by atoms with van der Waals surface area (Å²) >= 11 is 1.70. The lowest BCUT2D eigenvalue weighted by Gasteiger charge is -2.20. The SMILES string of the molecule is Cc1nc(C)c(CN2CC3C(=O)N(Cc4ccccc4)C(=O)C3C2)s1. The van der Waals surface area contributed by atoms with E-state index in [2.05, 4.69) is 9.88 Å². The fourth-order valence-corrected chi connectivity index (χ4v) is 4.85. The molecule has 2 atom stereocenters. The lowest BCUT2D eigenvalue weighted by atomic mass is 10.00. The number of amides is 2. The number of carbonyl (C=O) groups excluding carboxylic acids is 2. The summed E-state index contributed by atoms with van der Waals surface area (Å²) < 4.78 is 0. The molecule has 0 aliphatic carbocycles. The number of hydrogen-bond donors (Lipinski definition) is 0. The lowest BCUT2D eigenvalue weighted by Crippen LogP contribution is -2.35. The number of rotatable bonds is 4. The van der Waals surface area contributed by atoms with Crippen LogP contribution >= 0.6 is 11.3 Å². The summed E-state index contributed by atoms with van der Waals surface area (Å²) in [5.41, 5.74) is 2.06. The van der Waals surface area contributed by atoms with E-state index in [9.17, 15) is 9.59 Å². The zero-order valence-corrected chi connectivity index (χ0v) is 15.3. The van der Waals surface area contributed by atoms with Crippen molar-refractivity contribution in [2.24, 2.45) is 11.8 Å². The molecule has 2 aromatic rings. The van der Waals surface area contributed by atoms with Gasteiger partial charge in [0.2, 0.25) is 11.8 Å². The summed E-state index contributed by atoms with van der Waals surface area (Å²) in [7, 11) is 0. The van der Waals surface area contributed by atoms with Crippen LogP contribution in [0.2, 0.25) is 0 Å². The van der Waals surface area contributed by atoms with Gasteiger partial charge in [-0.15, -0.1) is 11.3 Å². The number of benzene rings is 1. The van der Waals surface area contributed by atoms with Crippen LogP contribution in [0.1, 0.15) is 21.1 Å². The third-order valence-electron chi connectivity index (χ3n) is 5.11. The van der Waals surface area contributed by atoms with E-state index in [0.29, 0.717) is 19.6 Å². The van der Waals surface area contributed by atoms with Crippen molar-refractivity contribution in [1.29, 1.82) is 0 Å². The largest absolute Gasteiger partial charge is 0.297 e. The van der Waals surface area contributed by atoms with Gasteiger partial charge in [0, 0.05) is 24.5 Å². The van der Waals surface area contributed by atoms with Crippen molar-refractivity contribution in [2.45, 2.75) is 26.9 Å². The normalized spacial score (nSPS) is 23.5. The van der Waals surface area contributed by atoms with Crippen molar-refractivity contribution in [2.75, 3.05) is 13.1 Å². The molecular weight excluding hydrogens is 334 g/mol. The van der Waals surface area contributed by atoms with Gasteiger partial charge in [-0.3, -0.25) is 19.4 Å². The molecule has 5 nitrogen and oxygen atoms in total. The summed E-state index contributed by atoms with van der Waals surface area (Å²) in [6, 6.07) is 9.71. The first-order valence-electron chi connectivity index (χ1n) is 8.57. The van der Waals surface area contributed by atoms with Crippen LogP contribution in [0.5, 0.6) is 0 Å². The number of aromatic nitrogens is 1. The standard InChI is InChI=1S/C19H21N3O2S/c1-12-17(25-13(2)20-12)11-21-9-15-16(10-21)19(24)22(18(15)23)8-14-6-4-3-5-7-14/h3-7,15-16H,8-11H2,1-2H3. The Kier molecular flexibility index (Phi) is 4.17. The number of fused-ring (bicyclic) bond motifs is 1. The van der Waals surface area contributed by atoms with Crippen molar-refractivity contribution in [3.8, 4) is 0 Å². The van der Waals surface area contributed by atoms with Crippen molar-refractivity contribution in [3.05, 3.63) is 51.5 Å². The van der Waals surface area contributed by atoms with E-state index in [0.717, 1.165) is 22.8 Å². The monoisotopic (exact) mass is 355 g/mol. The third-order valence-corrected chi connectivity index (χ3v) is 6.17. The third kappa shape index (κ3) is 3.00. The Labute approximate surface area is 151 Å². The van der Waals surface area contributed by atoms with E-state index in [-0.39, 0.29) is 23.7 Å². The Hall–Kier alpha value is -2.05. The second kappa shape index (κ2) is 6.35. The molecule has 2 saturated heterocycles. The number of aryl methyl sites for hydroxylation is 2. The number of hydrogen-bond acceptors (Lipinski definition) is 5. The molecule has 2 amide bonds. The number of imide groups is 1. The van der Waals surface area contributed by atoms with Gasteiger partial charge < -0.3 is 0 Å². The van der Waals surface area contributed by atoms with E-state index in [1.54, 1.807) is 11.3 Å². The molecule has 130 valence electrons. The Morgan fingerprint density at radius 3 is 2.24 bits per heavy atom. The molecule has 6 heteroatoms. The maximum Gasteiger partial charge on any atom is 0.234 e. The Balaban J connectivity index is 1.45. The molecule has 4 rings (SSSR count). The Morgan fingerprint density at radius 2 is 1.68 bits per heavy atom. The van der Waals surface area contributed by atoms with Crippen molar-refractivity contribution in [1.82, 2.24) is 14.8 Å². The molecule has 0 bridgehead atoms. The summed E-state index contributed by atoms with van der Waals surface area (Å²) in [5, 5.41) is 1.06. The predicted octanol–water partition coefficient (Wildman–Crippen LogP) is 2.38. The zero-order chi connectivity index (χ0) is 17.6. The molecule has 0 spiro atoms. The van der Waals surface area contributed by atoms with Crippen LogP contribution in [0.4, 0.5) is 0 Å². The fourth-order valence-electron chi connectivity index (χ4n) is 3.87. The van der Waals surface area contributed by atoms with Crippen LogP contribution in [-0.4, -0.2) is 39.7 Å². The van der Waals surface area contributed by atoms with Gasteiger partial charge in [0.05, 0.1) is 29.1 Å². The van der Waals surface area contributed by atoms with E-state index in [4.69, 9.17) is 0 Å². The predicted molar refractivity (Wildman–Crippen MR) is 95.8 cm³/mol. The van der Waals surface area contributed by atoms with Crippen molar-refractivity contribution >= 4 is 23.2 Å². The van der Waals surface area contributed by atoms with Gasteiger partial charge in [0.15, 0.2) is 0 Å². The molecule has 1 aromatic carbocycles. The molecule has 3 heterocycles. The summed E-state index contributed by atoms with van der Waals surface area (Å²) in [6.07, 6.45) is 0. The average Bonchev–Trinajstić information content (AvgIpc) is 3.21. The quantitative estimate of drug-likeness (QED) is 0.790. The van der Waals surface area contributed by atoms with E-state index in [1.807, 2.05) is 44.2 Å². The van der Waals surface area contributed by atoms with Gasteiger partial charge in [-0.25, -0.2) is 4.98 Å². The van der Waals surface area contributed by atoms with E-state index < -0.39 is 0 Å². The highest BCUT2D eigenvalue weighted by molar-refractivity contribution is 7.11. The first-order valence-corrected chi connectivity index (χ1v) is 9.39. The second-order valence-corrected chi connectivity index (χ2v) is 8.18. The average molecular weight is 355 g/mol. The highest BCUT2D eigenvalue weighted by atomic mass is 32.1. The molecular formula is C19H21N3O2S. The minimum absolute atomic E-state index is 0.0152.